The second-order valence-electron chi connectivity index (χ2n) is 12.6. The van der Waals surface area contributed by atoms with E-state index in [2.05, 4.69) is 15.3 Å². The Morgan fingerprint density at radius 1 is 1.13 bits per heavy atom. The second kappa shape index (κ2) is 14.8. The summed E-state index contributed by atoms with van der Waals surface area (Å²) < 4.78 is 17.7. The fourth-order valence-corrected chi connectivity index (χ4v) is 5.67. The average molecular weight is 622 g/mol. The Labute approximate surface area is 263 Å². The number of esters is 1. The second-order valence-corrected chi connectivity index (χ2v) is 12.6. The van der Waals surface area contributed by atoms with Crippen molar-refractivity contribution in [2.24, 2.45) is 10.1 Å². The number of carbonyl (C=O) groups excluding carboxylic acids is 2. The first-order valence-electron chi connectivity index (χ1n) is 15.5. The highest BCUT2D eigenvalue weighted by atomic mass is 16.6. The zero-order valence-corrected chi connectivity index (χ0v) is 26.2. The monoisotopic (exact) mass is 621 g/mol. The topological polar surface area (TPSA) is 175 Å². The van der Waals surface area contributed by atoms with Crippen molar-refractivity contribution in [1.29, 1.82) is 0 Å². The highest BCUT2D eigenvalue weighted by molar-refractivity contribution is 6.01. The van der Waals surface area contributed by atoms with Crippen LogP contribution in [-0.4, -0.2) is 64.5 Å². The smallest absolute Gasteiger partial charge is 0.306 e. The van der Waals surface area contributed by atoms with Crippen molar-refractivity contribution >= 4 is 23.5 Å². The minimum atomic E-state index is -1.67. The molecular formula is C33H43N5O7. The fourth-order valence-electron chi connectivity index (χ4n) is 5.67. The molecule has 1 aliphatic carbocycles. The van der Waals surface area contributed by atoms with E-state index >= 15 is 0 Å². The van der Waals surface area contributed by atoms with E-state index in [4.69, 9.17) is 24.3 Å². The van der Waals surface area contributed by atoms with Gasteiger partial charge >= 0.3 is 5.97 Å². The van der Waals surface area contributed by atoms with Gasteiger partial charge in [0.05, 0.1) is 12.2 Å². The van der Waals surface area contributed by atoms with Crippen molar-refractivity contribution in [3.8, 4) is 5.75 Å². The molecule has 12 heteroatoms. The maximum absolute atomic E-state index is 14.4. The van der Waals surface area contributed by atoms with Crippen molar-refractivity contribution in [2.75, 3.05) is 19.8 Å². The van der Waals surface area contributed by atoms with Gasteiger partial charge < -0.3 is 29.7 Å². The first kappa shape index (κ1) is 33.8. The van der Waals surface area contributed by atoms with Crippen molar-refractivity contribution in [1.82, 2.24) is 5.32 Å². The van der Waals surface area contributed by atoms with Crippen LogP contribution in [0.2, 0.25) is 0 Å². The number of hydrogen-bond donors (Lipinski definition) is 3. The molecule has 0 radical (unpaired) electrons. The Hall–Kier alpha value is -4.12. The summed E-state index contributed by atoms with van der Waals surface area (Å²) in [4.78, 5) is 35.2. The van der Waals surface area contributed by atoms with Gasteiger partial charge in [-0.05, 0) is 69.8 Å². The van der Waals surface area contributed by atoms with E-state index in [0.29, 0.717) is 42.7 Å². The van der Waals surface area contributed by atoms with Gasteiger partial charge in [-0.3, -0.25) is 9.59 Å². The van der Waals surface area contributed by atoms with Crippen LogP contribution in [0.3, 0.4) is 0 Å². The molecule has 1 aliphatic heterocycles. The van der Waals surface area contributed by atoms with E-state index in [1.165, 1.54) is 0 Å². The Kier molecular flexibility index (Phi) is 11.1. The number of benzene rings is 2. The molecule has 2 atom stereocenters. The third-order valence-corrected chi connectivity index (χ3v) is 7.89. The van der Waals surface area contributed by atoms with Gasteiger partial charge in [-0.25, -0.2) is 4.99 Å². The summed E-state index contributed by atoms with van der Waals surface area (Å²) in [6.07, 6.45) is 3.10. The summed E-state index contributed by atoms with van der Waals surface area (Å²) in [5.74, 6) is -0.278. The van der Waals surface area contributed by atoms with Gasteiger partial charge in [0.1, 0.15) is 11.4 Å². The zero-order chi connectivity index (χ0) is 32.5. The summed E-state index contributed by atoms with van der Waals surface area (Å²) >= 11 is 0. The number of aliphatic hydroxyl groups is 2. The molecule has 12 nitrogen and oxygen atoms in total. The van der Waals surface area contributed by atoms with Crippen LogP contribution in [0.15, 0.2) is 58.6 Å². The van der Waals surface area contributed by atoms with Gasteiger partial charge in [0, 0.05) is 47.7 Å². The molecule has 1 fully saturated rings. The van der Waals surface area contributed by atoms with E-state index in [1.54, 1.807) is 69.3 Å². The summed E-state index contributed by atoms with van der Waals surface area (Å²) in [5.41, 5.74) is 7.10. The van der Waals surface area contributed by atoms with Crippen LogP contribution in [0, 0.1) is 0 Å². The Morgan fingerprint density at radius 3 is 2.51 bits per heavy atom. The molecule has 3 N–H and O–H groups in total. The van der Waals surface area contributed by atoms with E-state index in [0.717, 1.165) is 19.3 Å². The molecular weight excluding hydrogens is 578 g/mol. The minimum Gasteiger partial charge on any atom is -0.494 e. The average Bonchev–Trinajstić information content (AvgIpc) is 3.40. The van der Waals surface area contributed by atoms with Gasteiger partial charge in [-0.1, -0.05) is 48.6 Å². The number of carbonyl (C=O) groups is 2. The van der Waals surface area contributed by atoms with E-state index in [9.17, 15) is 20.2 Å². The van der Waals surface area contributed by atoms with Crippen molar-refractivity contribution in [3.63, 3.8) is 0 Å². The number of aliphatic hydroxyl groups excluding tert-OH is 1. The lowest BCUT2D eigenvalue weighted by molar-refractivity contribution is -0.155. The number of nitrogens with zero attached hydrogens (tertiary/aromatic N) is 4. The Bertz CT molecular complexity index is 1410. The predicted molar refractivity (Wildman–Crippen MR) is 168 cm³/mol. The molecule has 242 valence electrons. The van der Waals surface area contributed by atoms with Crippen LogP contribution < -0.4 is 10.1 Å². The number of nitrogens with one attached hydrogen (secondary N) is 1. The lowest BCUT2D eigenvalue weighted by atomic mass is 9.81. The quantitative estimate of drug-likeness (QED) is 0.0860. The summed E-state index contributed by atoms with van der Waals surface area (Å²) in [7, 11) is 0. The lowest BCUT2D eigenvalue weighted by Crippen LogP contribution is -2.53. The van der Waals surface area contributed by atoms with E-state index in [1.807, 2.05) is 0 Å². The molecule has 0 bridgehead atoms. The SMILES string of the molecule is CC(C)(C)OC(=O)CC[C@@]1(C(=O)NCC2(O)CCCCC2)N=C(c2ccc(OCCCO)cc2)O[C@@H]1c1ccccc1N=[N+]=[N-]. The van der Waals surface area contributed by atoms with Crippen LogP contribution >= 0.6 is 0 Å². The van der Waals surface area contributed by atoms with Crippen molar-refractivity contribution in [2.45, 2.75) is 95.0 Å². The maximum atomic E-state index is 14.4. The van der Waals surface area contributed by atoms with Crippen molar-refractivity contribution in [3.05, 3.63) is 70.1 Å². The van der Waals surface area contributed by atoms with E-state index < -0.39 is 34.7 Å². The molecule has 1 saturated carbocycles. The number of amides is 1. The maximum Gasteiger partial charge on any atom is 0.306 e. The Morgan fingerprint density at radius 2 is 1.84 bits per heavy atom. The van der Waals surface area contributed by atoms with Crippen LogP contribution in [0.5, 0.6) is 5.75 Å². The number of aliphatic imine (C=N–C) groups is 1. The number of rotatable bonds is 13. The normalized spacial score (nSPS) is 20.7. The largest absolute Gasteiger partial charge is 0.494 e. The van der Waals surface area contributed by atoms with Gasteiger partial charge in [-0.15, -0.1) is 0 Å². The lowest BCUT2D eigenvalue weighted by Gasteiger charge is -2.35. The highest BCUT2D eigenvalue weighted by Crippen LogP contribution is 2.46. The third-order valence-electron chi connectivity index (χ3n) is 7.89. The number of azide groups is 1. The molecule has 0 aromatic heterocycles. The number of ether oxygens (including phenoxy) is 3. The number of hydrogen-bond acceptors (Lipinski definition) is 9. The van der Waals surface area contributed by atoms with Gasteiger partial charge in [-0.2, -0.15) is 0 Å². The molecule has 0 saturated heterocycles. The minimum absolute atomic E-state index is 0.0201. The highest BCUT2D eigenvalue weighted by Gasteiger charge is 2.54. The first-order chi connectivity index (χ1) is 21.5. The standard InChI is InChI=1S/C33H43N5O7/c1-31(2,3)45-27(40)16-19-33(30(41)35-22-32(42)17-7-4-8-18-32)28(25-10-5-6-11-26(25)37-38-34)44-29(36-33)23-12-14-24(15-13-23)43-21-9-20-39/h5-6,10-15,28,39,42H,4,7-9,16-22H2,1-3H3,(H,35,41)/t28-,33-/m1/s1. The molecule has 4 rings (SSSR count). The molecule has 2 aromatic carbocycles. The first-order valence-corrected chi connectivity index (χ1v) is 15.5. The van der Waals surface area contributed by atoms with Crippen LogP contribution in [0.25, 0.3) is 10.4 Å². The molecule has 2 aromatic rings. The zero-order valence-electron chi connectivity index (χ0n) is 26.2. The molecule has 1 heterocycles. The summed E-state index contributed by atoms with van der Waals surface area (Å²) in [5, 5.41) is 27.0. The molecule has 0 unspecified atom stereocenters. The molecule has 45 heavy (non-hydrogen) atoms. The summed E-state index contributed by atoms with van der Waals surface area (Å²) in [6, 6.07) is 13.7. The van der Waals surface area contributed by atoms with Crippen LogP contribution in [0.4, 0.5) is 5.69 Å². The van der Waals surface area contributed by atoms with Gasteiger partial charge in [0.2, 0.25) is 5.90 Å². The Balaban J connectivity index is 1.76. The summed E-state index contributed by atoms with van der Waals surface area (Å²) in [6.45, 7) is 5.70. The fraction of sp³-hybridized carbons (Fsp3) is 0.545. The third kappa shape index (κ3) is 8.75. The van der Waals surface area contributed by atoms with Crippen LogP contribution in [0.1, 0.15) is 89.4 Å². The van der Waals surface area contributed by atoms with E-state index in [-0.39, 0.29) is 37.6 Å². The van der Waals surface area contributed by atoms with Crippen molar-refractivity contribution < 1.29 is 34.0 Å². The predicted octanol–water partition coefficient (Wildman–Crippen LogP) is 5.58. The van der Waals surface area contributed by atoms with Crippen LogP contribution in [-0.2, 0) is 19.1 Å². The van der Waals surface area contributed by atoms with Gasteiger partial charge in [0.15, 0.2) is 11.6 Å². The molecule has 1 amide bonds. The van der Waals surface area contributed by atoms with Gasteiger partial charge in [0.25, 0.3) is 5.91 Å². The molecule has 0 spiro atoms. The molecule has 2 aliphatic rings.